The molecule has 0 amide bonds. The van der Waals surface area contributed by atoms with Gasteiger partial charge in [0.15, 0.2) is 0 Å². The molecular weight excluding hydrogens is 230 g/mol. The van der Waals surface area contributed by atoms with Crippen LogP contribution in [0.2, 0.25) is 0 Å². The summed E-state index contributed by atoms with van der Waals surface area (Å²) in [5.74, 6) is 0.570. The van der Waals surface area contributed by atoms with E-state index in [4.69, 9.17) is 0 Å². The predicted molar refractivity (Wildman–Crippen MR) is 83.4 cm³/mol. The van der Waals surface area contributed by atoms with Crippen molar-refractivity contribution < 1.29 is 0 Å². The number of hydrogen-bond acceptors (Lipinski definition) is 1. The zero-order valence-corrected chi connectivity index (χ0v) is 12.4. The SMILES string of the molecule is CC(C)c1cccc(-c2ccccc2CN(C)C)c1. The van der Waals surface area contributed by atoms with Gasteiger partial charge < -0.3 is 4.90 Å². The van der Waals surface area contributed by atoms with Gasteiger partial charge in [-0.1, -0.05) is 62.4 Å². The third-order valence-corrected chi connectivity index (χ3v) is 3.37. The smallest absolute Gasteiger partial charge is 0.0233 e. The molecular formula is C18H23N. The highest BCUT2D eigenvalue weighted by molar-refractivity contribution is 5.68. The lowest BCUT2D eigenvalue weighted by Crippen LogP contribution is -2.11. The van der Waals surface area contributed by atoms with E-state index in [1.54, 1.807) is 0 Å². The molecule has 0 N–H and O–H groups in total. The minimum Gasteiger partial charge on any atom is -0.305 e. The van der Waals surface area contributed by atoms with Crippen LogP contribution in [0.3, 0.4) is 0 Å². The maximum Gasteiger partial charge on any atom is 0.0233 e. The summed E-state index contributed by atoms with van der Waals surface area (Å²) < 4.78 is 0. The Hall–Kier alpha value is -1.60. The van der Waals surface area contributed by atoms with Gasteiger partial charge in [0, 0.05) is 6.54 Å². The third kappa shape index (κ3) is 3.45. The van der Waals surface area contributed by atoms with Gasteiger partial charge in [-0.2, -0.15) is 0 Å². The average molecular weight is 253 g/mol. The lowest BCUT2D eigenvalue weighted by molar-refractivity contribution is 0.403. The van der Waals surface area contributed by atoms with Crippen molar-refractivity contribution in [2.45, 2.75) is 26.3 Å². The van der Waals surface area contributed by atoms with E-state index < -0.39 is 0 Å². The largest absolute Gasteiger partial charge is 0.305 e. The molecule has 2 aromatic carbocycles. The Balaban J connectivity index is 2.43. The third-order valence-electron chi connectivity index (χ3n) is 3.37. The first-order valence-corrected chi connectivity index (χ1v) is 6.91. The number of benzene rings is 2. The van der Waals surface area contributed by atoms with E-state index >= 15 is 0 Å². The van der Waals surface area contributed by atoms with Crippen LogP contribution in [0.1, 0.15) is 30.9 Å². The topological polar surface area (TPSA) is 3.24 Å². The zero-order valence-electron chi connectivity index (χ0n) is 12.4. The highest BCUT2D eigenvalue weighted by Gasteiger charge is 2.07. The van der Waals surface area contributed by atoms with Crippen LogP contribution in [-0.4, -0.2) is 19.0 Å². The van der Waals surface area contributed by atoms with Crippen LogP contribution >= 0.6 is 0 Å². The fourth-order valence-corrected chi connectivity index (χ4v) is 2.35. The molecule has 0 saturated carbocycles. The molecule has 0 atom stereocenters. The maximum absolute atomic E-state index is 2.32. The van der Waals surface area contributed by atoms with Gasteiger partial charge in [-0.15, -0.1) is 0 Å². The van der Waals surface area contributed by atoms with Crippen LogP contribution in [0.15, 0.2) is 48.5 Å². The zero-order chi connectivity index (χ0) is 13.8. The maximum atomic E-state index is 2.32. The number of nitrogens with zero attached hydrogens (tertiary/aromatic N) is 1. The first-order valence-electron chi connectivity index (χ1n) is 6.91. The van der Waals surface area contributed by atoms with Crippen molar-refractivity contribution in [3.63, 3.8) is 0 Å². The Morgan fingerprint density at radius 1 is 0.947 bits per heavy atom. The normalized spacial score (nSPS) is 11.3. The number of rotatable bonds is 4. The minimum absolute atomic E-state index is 0.570. The molecule has 1 nitrogen and oxygen atoms in total. The molecule has 0 aromatic heterocycles. The molecule has 0 unspecified atom stereocenters. The summed E-state index contributed by atoms with van der Waals surface area (Å²) in [6.45, 7) is 5.46. The van der Waals surface area contributed by atoms with E-state index in [-0.39, 0.29) is 0 Å². The van der Waals surface area contributed by atoms with E-state index in [2.05, 4.69) is 81.4 Å². The van der Waals surface area contributed by atoms with E-state index in [1.807, 2.05) is 0 Å². The van der Waals surface area contributed by atoms with Crippen molar-refractivity contribution in [3.05, 3.63) is 59.7 Å². The Bertz CT molecular complexity index is 541. The Morgan fingerprint density at radius 2 is 1.68 bits per heavy atom. The quantitative estimate of drug-likeness (QED) is 0.773. The highest BCUT2D eigenvalue weighted by atomic mass is 15.0. The van der Waals surface area contributed by atoms with E-state index in [0.717, 1.165) is 6.54 Å². The van der Waals surface area contributed by atoms with Crippen molar-refractivity contribution in [2.75, 3.05) is 14.1 Å². The standard InChI is InChI=1S/C18H23N/c1-14(2)15-9-7-10-16(12-15)18-11-6-5-8-17(18)13-19(3)4/h5-12,14H,13H2,1-4H3. The van der Waals surface area contributed by atoms with Gasteiger partial charge >= 0.3 is 0 Å². The monoisotopic (exact) mass is 253 g/mol. The minimum atomic E-state index is 0.570. The van der Waals surface area contributed by atoms with Crippen LogP contribution in [0.25, 0.3) is 11.1 Å². The number of hydrogen-bond donors (Lipinski definition) is 0. The fraction of sp³-hybridized carbons (Fsp3) is 0.333. The Kier molecular flexibility index (Phi) is 4.39. The summed E-state index contributed by atoms with van der Waals surface area (Å²) in [5, 5.41) is 0. The van der Waals surface area contributed by atoms with Gasteiger partial charge in [0.05, 0.1) is 0 Å². The second-order valence-electron chi connectivity index (χ2n) is 5.68. The van der Waals surface area contributed by atoms with Gasteiger partial charge in [-0.25, -0.2) is 0 Å². The van der Waals surface area contributed by atoms with Gasteiger partial charge in [0.2, 0.25) is 0 Å². The van der Waals surface area contributed by atoms with Crippen molar-refractivity contribution in [2.24, 2.45) is 0 Å². The molecule has 0 bridgehead atoms. The molecule has 0 heterocycles. The molecule has 0 spiro atoms. The summed E-state index contributed by atoms with van der Waals surface area (Å²) in [5.41, 5.74) is 5.45. The van der Waals surface area contributed by atoms with E-state index in [1.165, 1.54) is 22.3 Å². The summed E-state index contributed by atoms with van der Waals surface area (Å²) in [4.78, 5) is 2.21. The summed E-state index contributed by atoms with van der Waals surface area (Å²) in [6.07, 6.45) is 0. The van der Waals surface area contributed by atoms with Crippen LogP contribution < -0.4 is 0 Å². The average Bonchev–Trinajstić information content (AvgIpc) is 2.39. The van der Waals surface area contributed by atoms with Crippen LogP contribution in [-0.2, 0) is 6.54 Å². The molecule has 0 aliphatic carbocycles. The lowest BCUT2D eigenvalue weighted by Gasteiger charge is -2.15. The Morgan fingerprint density at radius 3 is 2.37 bits per heavy atom. The van der Waals surface area contributed by atoms with Crippen molar-refractivity contribution in [1.29, 1.82) is 0 Å². The van der Waals surface area contributed by atoms with Gasteiger partial charge in [0.25, 0.3) is 0 Å². The highest BCUT2D eigenvalue weighted by Crippen LogP contribution is 2.27. The van der Waals surface area contributed by atoms with Crippen LogP contribution in [0, 0.1) is 0 Å². The van der Waals surface area contributed by atoms with Crippen molar-refractivity contribution >= 4 is 0 Å². The molecule has 19 heavy (non-hydrogen) atoms. The predicted octanol–water partition coefficient (Wildman–Crippen LogP) is 4.54. The molecule has 1 heteroatoms. The van der Waals surface area contributed by atoms with Crippen LogP contribution in [0.4, 0.5) is 0 Å². The van der Waals surface area contributed by atoms with E-state index in [0.29, 0.717) is 5.92 Å². The molecule has 0 fully saturated rings. The van der Waals surface area contributed by atoms with Crippen molar-refractivity contribution in [3.8, 4) is 11.1 Å². The summed E-state index contributed by atoms with van der Waals surface area (Å²) >= 11 is 0. The van der Waals surface area contributed by atoms with E-state index in [9.17, 15) is 0 Å². The van der Waals surface area contributed by atoms with Crippen LogP contribution in [0.5, 0.6) is 0 Å². The first-order chi connectivity index (χ1) is 9.08. The molecule has 0 radical (unpaired) electrons. The molecule has 100 valence electrons. The summed E-state index contributed by atoms with van der Waals surface area (Å²) in [7, 11) is 4.22. The molecule has 0 aliphatic rings. The lowest BCUT2D eigenvalue weighted by atomic mass is 9.94. The molecule has 2 aromatic rings. The fourth-order valence-electron chi connectivity index (χ4n) is 2.35. The summed E-state index contributed by atoms with van der Waals surface area (Å²) in [6, 6.07) is 17.6. The van der Waals surface area contributed by atoms with Crippen molar-refractivity contribution in [1.82, 2.24) is 4.90 Å². The molecule has 0 aliphatic heterocycles. The second kappa shape index (κ2) is 6.03. The van der Waals surface area contributed by atoms with Gasteiger partial charge in [-0.3, -0.25) is 0 Å². The molecule has 2 rings (SSSR count). The van der Waals surface area contributed by atoms with Gasteiger partial charge in [0.1, 0.15) is 0 Å². The second-order valence-corrected chi connectivity index (χ2v) is 5.68. The first kappa shape index (κ1) is 13.8. The molecule has 0 saturated heterocycles. The Labute approximate surface area is 116 Å². The van der Waals surface area contributed by atoms with Gasteiger partial charge in [-0.05, 0) is 42.3 Å².